The van der Waals surface area contributed by atoms with Crippen LogP contribution in [-0.4, -0.2) is 25.6 Å². The zero-order valence-electron chi connectivity index (χ0n) is 16.8. The molecule has 0 aliphatic rings. The van der Waals surface area contributed by atoms with Gasteiger partial charge >= 0.3 is 5.97 Å². The number of nitrogens with one attached hydrogen (secondary N) is 1. The summed E-state index contributed by atoms with van der Waals surface area (Å²) >= 11 is 5.94. The highest BCUT2D eigenvalue weighted by Crippen LogP contribution is 2.32. The van der Waals surface area contributed by atoms with Gasteiger partial charge in [0.15, 0.2) is 6.61 Å². The van der Waals surface area contributed by atoms with Gasteiger partial charge in [-0.15, -0.1) is 0 Å². The number of halogens is 1. The molecule has 0 fully saturated rings. The van der Waals surface area contributed by atoms with Crippen LogP contribution in [0.15, 0.2) is 36.4 Å². The summed E-state index contributed by atoms with van der Waals surface area (Å²) in [7, 11) is 1.45. The number of hydrogen-bond acceptors (Lipinski definition) is 4. The third-order valence-corrected chi connectivity index (χ3v) is 4.59. The summed E-state index contributed by atoms with van der Waals surface area (Å²) in [6.07, 6.45) is 0. The highest BCUT2D eigenvalue weighted by Gasteiger charge is 2.19. The van der Waals surface area contributed by atoms with Crippen LogP contribution in [0.25, 0.3) is 0 Å². The van der Waals surface area contributed by atoms with Crippen LogP contribution >= 0.6 is 11.6 Å². The first-order valence-electron chi connectivity index (χ1n) is 9.17. The highest BCUT2D eigenvalue weighted by atomic mass is 35.5. The van der Waals surface area contributed by atoms with Crippen molar-refractivity contribution in [2.24, 2.45) is 0 Å². The van der Waals surface area contributed by atoms with Crippen molar-refractivity contribution in [3.8, 4) is 5.75 Å². The van der Waals surface area contributed by atoms with Crippen molar-refractivity contribution in [3.05, 3.63) is 58.1 Å². The lowest BCUT2D eigenvalue weighted by atomic mass is 9.92. The molecule has 5 nitrogen and oxygen atoms in total. The molecular formula is C22H26ClNO4. The van der Waals surface area contributed by atoms with Crippen molar-refractivity contribution in [1.29, 1.82) is 0 Å². The number of ether oxygens (including phenoxy) is 2. The SMILES string of the molecule is COc1ccc(Cl)cc1C(=O)OCC(=O)Nc1c(C(C)C)cccc1C(C)C. The molecule has 0 aliphatic carbocycles. The van der Waals surface area contributed by atoms with Crippen LogP contribution < -0.4 is 10.1 Å². The Kier molecular flexibility index (Phi) is 7.46. The van der Waals surface area contributed by atoms with Crippen molar-refractivity contribution in [3.63, 3.8) is 0 Å². The molecule has 0 spiro atoms. The minimum atomic E-state index is -0.671. The average molecular weight is 404 g/mol. The Balaban J connectivity index is 2.13. The number of amides is 1. The second-order valence-electron chi connectivity index (χ2n) is 7.09. The standard InChI is InChI=1S/C22H26ClNO4/c1-13(2)16-7-6-8-17(14(3)4)21(16)24-20(25)12-28-22(26)18-11-15(23)9-10-19(18)27-5/h6-11,13-14H,12H2,1-5H3,(H,24,25). The van der Waals surface area contributed by atoms with Crippen LogP contribution in [0.5, 0.6) is 5.75 Å². The number of carbonyl (C=O) groups is 2. The number of hydrogen-bond donors (Lipinski definition) is 1. The summed E-state index contributed by atoms with van der Waals surface area (Å²) < 4.78 is 10.3. The predicted molar refractivity (Wildman–Crippen MR) is 112 cm³/mol. The van der Waals surface area contributed by atoms with Gasteiger partial charge in [0.05, 0.1) is 7.11 Å². The monoisotopic (exact) mass is 403 g/mol. The molecule has 6 heteroatoms. The van der Waals surface area contributed by atoms with Gasteiger partial charge in [0.1, 0.15) is 11.3 Å². The Hall–Kier alpha value is -2.53. The normalized spacial score (nSPS) is 10.9. The third kappa shape index (κ3) is 5.26. The van der Waals surface area contributed by atoms with Crippen molar-refractivity contribution in [2.75, 3.05) is 19.0 Å². The van der Waals surface area contributed by atoms with Gasteiger partial charge in [-0.25, -0.2) is 4.79 Å². The number of benzene rings is 2. The Morgan fingerprint density at radius 3 is 2.18 bits per heavy atom. The van der Waals surface area contributed by atoms with Gasteiger partial charge in [0.2, 0.25) is 0 Å². The van der Waals surface area contributed by atoms with Crippen LogP contribution in [0.1, 0.15) is 61.0 Å². The summed E-state index contributed by atoms with van der Waals surface area (Å²) in [5, 5.41) is 3.29. The molecule has 2 rings (SSSR count). The second-order valence-corrected chi connectivity index (χ2v) is 7.53. The van der Waals surface area contributed by atoms with Crippen molar-refractivity contribution >= 4 is 29.2 Å². The van der Waals surface area contributed by atoms with Gasteiger partial charge in [-0.05, 0) is 41.2 Å². The van der Waals surface area contributed by atoms with Crippen molar-refractivity contribution in [1.82, 2.24) is 0 Å². The molecule has 0 radical (unpaired) electrons. The number of esters is 1. The highest BCUT2D eigenvalue weighted by molar-refractivity contribution is 6.31. The molecule has 1 amide bonds. The maximum Gasteiger partial charge on any atom is 0.342 e. The van der Waals surface area contributed by atoms with E-state index in [1.165, 1.54) is 13.2 Å². The van der Waals surface area contributed by atoms with Crippen LogP contribution in [0.2, 0.25) is 5.02 Å². The summed E-state index contributed by atoms with van der Waals surface area (Å²) in [6, 6.07) is 10.6. The van der Waals surface area contributed by atoms with E-state index in [4.69, 9.17) is 21.1 Å². The smallest absolute Gasteiger partial charge is 0.342 e. The van der Waals surface area contributed by atoms with Gasteiger partial charge in [0, 0.05) is 10.7 Å². The van der Waals surface area contributed by atoms with Gasteiger partial charge in [-0.3, -0.25) is 4.79 Å². The molecule has 0 aliphatic heterocycles. The summed E-state index contributed by atoms with van der Waals surface area (Å²) in [5.74, 6) is -0.248. The van der Waals surface area contributed by atoms with Crippen LogP contribution in [0.4, 0.5) is 5.69 Å². The first kappa shape index (κ1) is 21.8. The van der Waals surface area contributed by atoms with Gasteiger partial charge < -0.3 is 14.8 Å². The van der Waals surface area contributed by atoms with Gasteiger partial charge in [0.25, 0.3) is 5.91 Å². The van der Waals surface area contributed by atoms with E-state index in [0.29, 0.717) is 10.8 Å². The molecule has 150 valence electrons. The van der Waals surface area contributed by atoms with E-state index in [9.17, 15) is 9.59 Å². The summed E-state index contributed by atoms with van der Waals surface area (Å²) in [6.45, 7) is 7.88. The van der Waals surface area contributed by atoms with E-state index in [1.807, 2.05) is 18.2 Å². The topological polar surface area (TPSA) is 64.6 Å². The van der Waals surface area contributed by atoms with E-state index in [2.05, 4.69) is 33.0 Å². The fourth-order valence-electron chi connectivity index (χ4n) is 2.92. The fourth-order valence-corrected chi connectivity index (χ4v) is 3.09. The van der Waals surface area contributed by atoms with Crippen LogP contribution in [0.3, 0.4) is 0 Å². The molecule has 0 aromatic heterocycles. The van der Waals surface area contributed by atoms with Crippen LogP contribution in [0, 0.1) is 0 Å². The molecule has 0 atom stereocenters. The maximum absolute atomic E-state index is 12.5. The number of anilines is 1. The van der Waals surface area contributed by atoms with Crippen LogP contribution in [-0.2, 0) is 9.53 Å². The lowest BCUT2D eigenvalue weighted by Crippen LogP contribution is -2.23. The maximum atomic E-state index is 12.5. The van der Waals surface area contributed by atoms with Crippen molar-refractivity contribution < 1.29 is 19.1 Å². The zero-order valence-corrected chi connectivity index (χ0v) is 17.6. The molecular weight excluding hydrogens is 378 g/mol. The van der Waals surface area contributed by atoms with Gasteiger partial charge in [-0.2, -0.15) is 0 Å². The largest absolute Gasteiger partial charge is 0.496 e. The van der Waals surface area contributed by atoms with Gasteiger partial charge in [-0.1, -0.05) is 57.5 Å². The number of para-hydroxylation sites is 1. The van der Waals surface area contributed by atoms with E-state index in [1.54, 1.807) is 12.1 Å². The molecule has 0 unspecified atom stereocenters. The summed E-state index contributed by atoms with van der Waals surface area (Å²) in [5.41, 5.74) is 3.05. The average Bonchev–Trinajstić information content (AvgIpc) is 2.65. The third-order valence-electron chi connectivity index (χ3n) is 4.35. The minimum Gasteiger partial charge on any atom is -0.496 e. The molecule has 2 aromatic carbocycles. The molecule has 0 saturated heterocycles. The number of carbonyl (C=O) groups excluding carboxylic acids is 2. The van der Waals surface area contributed by atoms with E-state index < -0.39 is 18.5 Å². The number of rotatable bonds is 7. The van der Waals surface area contributed by atoms with Crippen molar-refractivity contribution in [2.45, 2.75) is 39.5 Å². The van der Waals surface area contributed by atoms with E-state index >= 15 is 0 Å². The molecule has 0 saturated carbocycles. The molecule has 0 heterocycles. The van der Waals surface area contributed by atoms with E-state index in [0.717, 1.165) is 16.8 Å². The molecule has 28 heavy (non-hydrogen) atoms. The number of methoxy groups -OCH3 is 1. The Morgan fingerprint density at radius 1 is 1.04 bits per heavy atom. The Morgan fingerprint density at radius 2 is 1.64 bits per heavy atom. The Labute approximate surface area is 171 Å². The lowest BCUT2D eigenvalue weighted by Gasteiger charge is -2.20. The first-order chi connectivity index (χ1) is 13.2. The molecule has 2 aromatic rings. The second kappa shape index (κ2) is 9.60. The molecule has 1 N–H and O–H groups in total. The first-order valence-corrected chi connectivity index (χ1v) is 9.55. The zero-order chi connectivity index (χ0) is 20.8. The quantitative estimate of drug-likeness (QED) is 0.629. The van der Waals surface area contributed by atoms with E-state index in [-0.39, 0.29) is 17.4 Å². The summed E-state index contributed by atoms with van der Waals surface area (Å²) in [4.78, 5) is 24.8. The Bertz CT molecular complexity index is 835. The minimum absolute atomic E-state index is 0.174. The molecule has 0 bridgehead atoms. The lowest BCUT2D eigenvalue weighted by molar-refractivity contribution is -0.119. The fraction of sp³-hybridized carbons (Fsp3) is 0.364. The predicted octanol–water partition coefficient (Wildman–Crippen LogP) is 5.39.